The van der Waals surface area contributed by atoms with Crippen LogP contribution in [0.1, 0.15) is 331 Å². The molecule has 1 saturated carbocycles. The van der Waals surface area contributed by atoms with Gasteiger partial charge in [-0.05, 0) is 107 Å². The highest BCUT2D eigenvalue weighted by Gasteiger charge is 2.76. The van der Waals surface area contributed by atoms with Gasteiger partial charge in [-0.25, -0.2) is 0 Å². The summed E-state index contributed by atoms with van der Waals surface area (Å²) in [5.41, 5.74) is 7.18. The molecule has 2 aromatic rings. The van der Waals surface area contributed by atoms with Crippen LogP contribution in [0, 0.1) is 27.7 Å². The highest BCUT2D eigenvalue weighted by Crippen LogP contribution is 2.46. The van der Waals surface area contributed by atoms with Gasteiger partial charge in [-0.15, -0.1) is 0 Å². The SMILES string of the molecule is CCCCCCCCCCC1CO1.CCCCCCCCCC[C@@H](O)CC.CCCCCCCCCC[C@@H](O)CO.CCCCCCCCCC[C@H]1CO1.Cc1cc(C)c2c(c1)C=[N+]1[C@@H]3CCCC[C@H]3[N+]3=Cc4cc(C)cc(C)c4OC13O2. The van der Waals surface area contributed by atoms with E-state index in [0.717, 1.165) is 72.6 Å². The van der Waals surface area contributed by atoms with Gasteiger partial charge in [0.2, 0.25) is 12.1 Å². The molecule has 1 spiro atoms. The summed E-state index contributed by atoms with van der Waals surface area (Å²) in [5.74, 6) is 1.88. The minimum Gasteiger partial charge on any atom is -0.394 e. The van der Waals surface area contributed by atoms with Crippen LogP contribution in [0.5, 0.6) is 11.5 Å². The molecule has 5 aliphatic heterocycles. The zero-order chi connectivity index (χ0) is 59.9. The second-order valence-electron chi connectivity index (χ2n) is 26.1. The molecule has 0 amide bonds. The molecule has 6 atom stereocenters. The topological polar surface area (TPSA) is 110 Å². The molecular formula is C74H130N2O7+2. The summed E-state index contributed by atoms with van der Waals surface area (Å²) in [6, 6.07) is 8.74. The van der Waals surface area contributed by atoms with Crippen molar-refractivity contribution in [2.75, 3.05) is 19.8 Å². The molecular weight excluding hydrogens is 1030 g/mol. The van der Waals surface area contributed by atoms with Crippen LogP contribution in [0.2, 0.25) is 0 Å². The molecule has 0 aromatic heterocycles. The summed E-state index contributed by atoms with van der Waals surface area (Å²) in [4.78, 5) is 0. The van der Waals surface area contributed by atoms with Gasteiger partial charge in [-0.3, -0.25) is 0 Å². The van der Waals surface area contributed by atoms with Crippen molar-refractivity contribution in [2.24, 2.45) is 0 Å². The minimum absolute atomic E-state index is 0.0462. The number of fused-ring (bicyclic) bond motifs is 5. The maximum atomic E-state index is 9.33. The van der Waals surface area contributed by atoms with Gasteiger partial charge >= 0.3 is 6.03 Å². The Morgan fingerprint density at radius 1 is 0.446 bits per heavy atom. The van der Waals surface area contributed by atoms with Crippen molar-refractivity contribution in [2.45, 2.75) is 368 Å². The van der Waals surface area contributed by atoms with Gasteiger partial charge < -0.3 is 34.3 Å². The number of epoxide rings is 2. The standard InChI is InChI=1S/C25H28N2O2.C13H28O.C12H26O2.2C12H24O/c1-15-9-17(3)23-19(11-15)13-26-21-7-5-6-8-22(21)27-14-20-12-16(2)10-18(4)24(20)29-25(26,27)28-23;1-3-5-6-7-8-9-10-11-12-13(14)4-2;1-2-3-4-5-6-7-8-9-10-12(14)11-13;2*1-2-3-4-5-6-7-8-9-10-12-11-13-12/h9-14,21-22H,5-8H2,1-4H3;13-14H,3-12H2,1-2H3;12-14H,2-11H2,1H3;2*12H,2-11H2,1H3/q+2;;;;/t21-,22-,25?;13-;2*12-;/m1010./s1. The van der Waals surface area contributed by atoms with Crippen LogP contribution in [0.4, 0.5) is 0 Å². The van der Waals surface area contributed by atoms with Crippen LogP contribution in [-0.4, -0.2) is 99.3 Å². The molecule has 6 aliphatic rings. The van der Waals surface area contributed by atoms with E-state index in [0.29, 0.717) is 24.3 Å². The molecule has 3 N–H and O–H groups in total. The zero-order valence-electron chi connectivity index (χ0n) is 55.4. The van der Waals surface area contributed by atoms with Crippen molar-refractivity contribution in [3.8, 4) is 11.5 Å². The quantitative estimate of drug-likeness (QED) is 0.0349. The molecule has 0 bridgehead atoms. The third kappa shape index (κ3) is 28.7. The molecule has 476 valence electrons. The van der Waals surface area contributed by atoms with Gasteiger partial charge in [-0.1, -0.05) is 261 Å². The summed E-state index contributed by atoms with van der Waals surface area (Å²) in [6.07, 6.45) is 59.4. The number of hydrogen-bond acceptors (Lipinski definition) is 7. The molecule has 9 nitrogen and oxygen atoms in total. The molecule has 83 heavy (non-hydrogen) atoms. The Hall–Kier alpha value is -2.82. The van der Waals surface area contributed by atoms with Crippen molar-refractivity contribution in [3.05, 3.63) is 57.6 Å². The first kappa shape index (κ1) is 72.7. The highest BCUT2D eigenvalue weighted by atomic mass is 16.7. The Morgan fingerprint density at radius 3 is 1.07 bits per heavy atom. The Kier molecular flexibility index (Phi) is 38.3. The number of ether oxygens (including phenoxy) is 4. The van der Waals surface area contributed by atoms with Gasteiger partial charge in [0.1, 0.15) is 0 Å². The lowest BCUT2D eigenvalue weighted by atomic mass is 9.91. The summed E-state index contributed by atoms with van der Waals surface area (Å²) < 4.78 is 28.7. The smallest absolute Gasteiger partial charge is 0.394 e. The lowest BCUT2D eigenvalue weighted by molar-refractivity contribution is -0.866. The molecule has 2 aromatic carbocycles. The van der Waals surface area contributed by atoms with Crippen LogP contribution in [0.3, 0.4) is 0 Å². The third-order valence-electron chi connectivity index (χ3n) is 18.0. The largest absolute Gasteiger partial charge is 0.704 e. The number of aryl methyl sites for hydroxylation is 4. The average Bonchev–Trinajstić information content (AvgIpc) is 3.01. The van der Waals surface area contributed by atoms with Crippen molar-refractivity contribution in [1.29, 1.82) is 0 Å². The first-order chi connectivity index (χ1) is 40.4. The van der Waals surface area contributed by atoms with Crippen LogP contribution in [-0.2, 0) is 9.47 Å². The van der Waals surface area contributed by atoms with Crippen LogP contribution < -0.4 is 9.47 Å². The van der Waals surface area contributed by atoms with Crippen molar-refractivity contribution < 1.29 is 43.4 Å². The van der Waals surface area contributed by atoms with Gasteiger partial charge in [-0.2, -0.15) is 0 Å². The van der Waals surface area contributed by atoms with Crippen LogP contribution in [0.25, 0.3) is 0 Å². The van der Waals surface area contributed by atoms with E-state index in [1.54, 1.807) is 0 Å². The number of rotatable bonds is 38. The number of nitrogens with zero attached hydrogens (tertiary/aromatic N) is 2. The first-order valence-electron chi connectivity index (χ1n) is 35.5. The number of unbranched alkanes of at least 4 members (excludes halogenated alkanes) is 28. The lowest BCUT2D eigenvalue weighted by Crippen LogP contribution is -2.60. The van der Waals surface area contributed by atoms with Crippen LogP contribution in [0.15, 0.2) is 24.3 Å². The number of aliphatic hydroxyl groups excluding tert-OH is 3. The fourth-order valence-corrected chi connectivity index (χ4v) is 12.7. The van der Waals surface area contributed by atoms with Gasteiger partial charge in [0, 0.05) is 12.8 Å². The lowest BCUT2D eigenvalue weighted by Gasteiger charge is -2.29. The van der Waals surface area contributed by atoms with Gasteiger partial charge in [0.25, 0.3) is 0 Å². The molecule has 0 radical (unpaired) electrons. The summed E-state index contributed by atoms with van der Waals surface area (Å²) in [7, 11) is 0. The highest BCUT2D eigenvalue weighted by molar-refractivity contribution is 5.84. The summed E-state index contributed by atoms with van der Waals surface area (Å²) in [5, 5.41) is 27.0. The fourth-order valence-electron chi connectivity index (χ4n) is 12.7. The number of aliphatic hydroxyl groups is 3. The second-order valence-corrected chi connectivity index (χ2v) is 26.1. The summed E-state index contributed by atoms with van der Waals surface area (Å²) in [6.45, 7) is 21.6. The fraction of sp³-hybridized carbons (Fsp3) is 0.811. The normalized spacial score (nSPS) is 19.7. The maximum Gasteiger partial charge on any atom is 0.704 e. The summed E-state index contributed by atoms with van der Waals surface area (Å²) >= 11 is 0. The Balaban J connectivity index is 0.000000237. The molecule has 5 heterocycles. The monoisotopic (exact) mass is 1160 g/mol. The van der Waals surface area contributed by atoms with Gasteiger partial charge in [0.15, 0.2) is 23.9 Å². The van der Waals surface area contributed by atoms with E-state index in [4.69, 9.17) is 29.2 Å². The van der Waals surface area contributed by atoms with E-state index in [2.05, 4.69) is 108 Å². The van der Waals surface area contributed by atoms with E-state index >= 15 is 0 Å². The Labute approximate surface area is 510 Å². The number of benzene rings is 2. The van der Waals surface area contributed by atoms with Crippen molar-refractivity contribution in [1.82, 2.24) is 0 Å². The van der Waals surface area contributed by atoms with E-state index in [1.165, 1.54) is 249 Å². The van der Waals surface area contributed by atoms with Gasteiger partial charge in [0.05, 0.1) is 55.4 Å². The van der Waals surface area contributed by atoms with E-state index in [-0.39, 0.29) is 12.7 Å². The van der Waals surface area contributed by atoms with Crippen molar-refractivity contribution in [3.63, 3.8) is 0 Å². The first-order valence-corrected chi connectivity index (χ1v) is 35.5. The third-order valence-corrected chi connectivity index (χ3v) is 18.0. The zero-order valence-corrected chi connectivity index (χ0v) is 55.4. The molecule has 3 saturated heterocycles. The molecule has 8 rings (SSSR count). The maximum absolute atomic E-state index is 9.33. The van der Waals surface area contributed by atoms with E-state index in [1.807, 2.05) is 0 Å². The minimum atomic E-state index is -0.917. The number of hydrogen-bond donors (Lipinski definition) is 3. The molecule has 1 aliphatic carbocycles. The predicted molar refractivity (Wildman–Crippen MR) is 350 cm³/mol. The predicted octanol–water partition coefficient (Wildman–Crippen LogP) is 19.2. The molecule has 1 unspecified atom stereocenters. The molecule has 9 heteroatoms. The molecule has 4 fully saturated rings. The second kappa shape index (κ2) is 43.7. The van der Waals surface area contributed by atoms with E-state index in [9.17, 15) is 5.11 Å². The van der Waals surface area contributed by atoms with E-state index < -0.39 is 12.1 Å². The Morgan fingerprint density at radius 2 is 0.759 bits per heavy atom. The van der Waals surface area contributed by atoms with Crippen LogP contribution >= 0.6 is 0 Å². The van der Waals surface area contributed by atoms with Crippen molar-refractivity contribution >= 4 is 12.4 Å². The Bertz CT molecular complexity index is 1900. The average molecular weight is 1160 g/mol.